The molecule has 0 aromatic heterocycles. The van der Waals surface area contributed by atoms with Gasteiger partial charge in [0.2, 0.25) is 0 Å². The zero-order chi connectivity index (χ0) is 13.4. The van der Waals surface area contributed by atoms with E-state index >= 15 is 0 Å². The minimum absolute atomic E-state index is 0.0187. The summed E-state index contributed by atoms with van der Waals surface area (Å²) >= 11 is 0. The summed E-state index contributed by atoms with van der Waals surface area (Å²) in [5.41, 5.74) is 0.715. The summed E-state index contributed by atoms with van der Waals surface area (Å²) in [7, 11) is 1.85. The number of benzene rings is 1. The highest BCUT2D eigenvalue weighted by molar-refractivity contribution is 5.21. The van der Waals surface area contributed by atoms with Gasteiger partial charge in [-0.25, -0.2) is 4.39 Å². The summed E-state index contributed by atoms with van der Waals surface area (Å²) in [5, 5.41) is 3.14. The van der Waals surface area contributed by atoms with E-state index in [9.17, 15) is 4.39 Å². The smallest absolute Gasteiger partial charge is 0.127 e. The van der Waals surface area contributed by atoms with Crippen molar-refractivity contribution in [3.8, 4) is 0 Å². The quantitative estimate of drug-likeness (QED) is 0.715. The molecule has 0 spiro atoms. The van der Waals surface area contributed by atoms with Crippen molar-refractivity contribution in [2.24, 2.45) is 5.92 Å². The van der Waals surface area contributed by atoms with E-state index < -0.39 is 0 Å². The summed E-state index contributed by atoms with van der Waals surface area (Å²) in [6, 6.07) is 6.92. The largest absolute Gasteiger partial charge is 0.381 e. The van der Waals surface area contributed by atoms with Crippen molar-refractivity contribution in [1.29, 1.82) is 0 Å². The minimum Gasteiger partial charge on any atom is -0.381 e. The predicted octanol–water partition coefficient (Wildman–Crippen LogP) is 3.54. The summed E-state index contributed by atoms with van der Waals surface area (Å²) in [6.45, 7) is 5.80. The highest BCUT2D eigenvalue weighted by atomic mass is 19.1. The van der Waals surface area contributed by atoms with Crippen LogP contribution in [0.3, 0.4) is 0 Å². The molecule has 0 aliphatic rings. The van der Waals surface area contributed by atoms with Gasteiger partial charge < -0.3 is 10.1 Å². The van der Waals surface area contributed by atoms with Crippen LogP contribution in [-0.4, -0.2) is 20.3 Å². The Morgan fingerprint density at radius 1 is 1.17 bits per heavy atom. The van der Waals surface area contributed by atoms with E-state index in [1.807, 2.05) is 19.2 Å². The molecule has 1 atom stereocenters. The maximum absolute atomic E-state index is 13.6. The average molecular weight is 253 g/mol. The van der Waals surface area contributed by atoms with Crippen LogP contribution < -0.4 is 5.32 Å². The molecule has 1 aromatic rings. The molecule has 102 valence electrons. The number of hydrogen-bond donors (Lipinski definition) is 1. The zero-order valence-electron chi connectivity index (χ0n) is 11.6. The van der Waals surface area contributed by atoms with E-state index in [1.165, 1.54) is 6.07 Å². The summed E-state index contributed by atoms with van der Waals surface area (Å²) in [5.74, 6) is 0.510. The van der Waals surface area contributed by atoms with Gasteiger partial charge >= 0.3 is 0 Å². The van der Waals surface area contributed by atoms with Crippen LogP contribution in [0.4, 0.5) is 4.39 Å². The van der Waals surface area contributed by atoms with Crippen molar-refractivity contribution in [2.75, 3.05) is 20.3 Å². The Labute approximate surface area is 110 Å². The fraction of sp³-hybridized carbons (Fsp3) is 0.600. The van der Waals surface area contributed by atoms with Crippen LogP contribution >= 0.6 is 0 Å². The molecule has 0 fully saturated rings. The first-order valence-electron chi connectivity index (χ1n) is 6.64. The van der Waals surface area contributed by atoms with E-state index in [4.69, 9.17) is 4.74 Å². The Morgan fingerprint density at radius 2 is 1.83 bits per heavy atom. The molecule has 0 radical (unpaired) electrons. The fourth-order valence-corrected chi connectivity index (χ4v) is 1.84. The Kier molecular flexibility index (Phi) is 6.91. The van der Waals surface area contributed by atoms with Crippen LogP contribution in [0, 0.1) is 11.7 Å². The molecule has 0 saturated heterocycles. The van der Waals surface area contributed by atoms with Gasteiger partial charge in [-0.2, -0.15) is 0 Å². The van der Waals surface area contributed by atoms with Crippen LogP contribution in [0.5, 0.6) is 0 Å². The molecule has 1 rings (SSSR count). The van der Waals surface area contributed by atoms with Gasteiger partial charge in [0.05, 0.1) is 0 Å². The first kappa shape index (κ1) is 15.1. The lowest BCUT2D eigenvalue weighted by Crippen LogP contribution is -2.19. The third-order valence-electron chi connectivity index (χ3n) is 3.02. The standard InChI is InChI=1S/C15H24FNO/c1-12(2)8-10-18-11-9-15(17-3)13-6-4-5-7-14(13)16/h4-7,12,15,17H,8-11H2,1-3H3. The molecule has 3 heteroatoms. The molecule has 0 aliphatic carbocycles. The van der Waals surface area contributed by atoms with Crippen LogP contribution in [0.2, 0.25) is 0 Å². The maximum Gasteiger partial charge on any atom is 0.127 e. The van der Waals surface area contributed by atoms with E-state index in [0.29, 0.717) is 18.1 Å². The van der Waals surface area contributed by atoms with Gasteiger partial charge in [-0.05, 0) is 31.9 Å². The monoisotopic (exact) mass is 253 g/mol. The Bertz CT molecular complexity index is 341. The van der Waals surface area contributed by atoms with Gasteiger partial charge in [0, 0.05) is 24.8 Å². The highest BCUT2D eigenvalue weighted by Gasteiger charge is 2.12. The van der Waals surface area contributed by atoms with Gasteiger partial charge in [0.25, 0.3) is 0 Å². The van der Waals surface area contributed by atoms with Gasteiger partial charge in [0.1, 0.15) is 5.82 Å². The molecule has 1 aromatic carbocycles. The van der Waals surface area contributed by atoms with E-state index in [1.54, 1.807) is 6.07 Å². The predicted molar refractivity (Wildman–Crippen MR) is 73.1 cm³/mol. The summed E-state index contributed by atoms with van der Waals surface area (Å²) in [4.78, 5) is 0. The summed E-state index contributed by atoms with van der Waals surface area (Å²) in [6.07, 6.45) is 1.86. The van der Waals surface area contributed by atoms with Crippen molar-refractivity contribution >= 4 is 0 Å². The van der Waals surface area contributed by atoms with Crippen molar-refractivity contribution in [1.82, 2.24) is 5.32 Å². The second-order valence-electron chi connectivity index (χ2n) is 4.95. The molecule has 18 heavy (non-hydrogen) atoms. The van der Waals surface area contributed by atoms with Crippen LogP contribution in [0.1, 0.15) is 38.3 Å². The average Bonchev–Trinajstić information content (AvgIpc) is 2.35. The number of rotatable bonds is 8. The molecule has 1 unspecified atom stereocenters. The molecule has 0 aliphatic heterocycles. The van der Waals surface area contributed by atoms with Crippen molar-refractivity contribution < 1.29 is 9.13 Å². The van der Waals surface area contributed by atoms with Gasteiger partial charge in [-0.1, -0.05) is 32.0 Å². The van der Waals surface area contributed by atoms with E-state index in [2.05, 4.69) is 19.2 Å². The molecule has 0 saturated carbocycles. The molecule has 2 nitrogen and oxygen atoms in total. The maximum atomic E-state index is 13.6. The molecular formula is C15H24FNO. The number of halogens is 1. The van der Waals surface area contributed by atoms with Crippen LogP contribution in [0.25, 0.3) is 0 Å². The molecule has 0 heterocycles. The van der Waals surface area contributed by atoms with E-state index in [0.717, 1.165) is 19.4 Å². The number of ether oxygens (including phenoxy) is 1. The van der Waals surface area contributed by atoms with Crippen molar-refractivity contribution in [3.05, 3.63) is 35.6 Å². The molecule has 1 N–H and O–H groups in total. The second kappa shape index (κ2) is 8.22. The van der Waals surface area contributed by atoms with Crippen LogP contribution in [0.15, 0.2) is 24.3 Å². The lowest BCUT2D eigenvalue weighted by molar-refractivity contribution is 0.114. The lowest BCUT2D eigenvalue weighted by atomic mass is 10.0. The molecule has 0 bridgehead atoms. The SMILES string of the molecule is CNC(CCOCCC(C)C)c1ccccc1F. The fourth-order valence-electron chi connectivity index (χ4n) is 1.84. The first-order chi connectivity index (χ1) is 8.65. The van der Waals surface area contributed by atoms with Crippen LogP contribution in [-0.2, 0) is 4.74 Å². The zero-order valence-corrected chi connectivity index (χ0v) is 11.6. The summed E-state index contributed by atoms with van der Waals surface area (Å²) < 4.78 is 19.2. The Hall–Kier alpha value is -0.930. The van der Waals surface area contributed by atoms with Gasteiger partial charge in [-0.3, -0.25) is 0 Å². The Morgan fingerprint density at radius 3 is 2.44 bits per heavy atom. The minimum atomic E-state index is -0.154. The topological polar surface area (TPSA) is 21.3 Å². The van der Waals surface area contributed by atoms with Gasteiger partial charge in [0.15, 0.2) is 0 Å². The third kappa shape index (κ3) is 5.15. The number of hydrogen-bond acceptors (Lipinski definition) is 2. The lowest BCUT2D eigenvalue weighted by Gasteiger charge is -2.17. The van der Waals surface area contributed by atoms with Crippen molar-refractivity contribution in [2.45, 2.75) is 32.7 Å². The Balaban J connectivity index is 2.36. The molecule has 0 amide bonds. The van der Waals surface area contributed by atoms with Crippen molar-refractivity contribution in [3.63, 3.8) is 0 Å². The molecular weight excluding hydrogens is 229 g/mol. The number of nitrogens with one attached hydrogen (secondary N) is 1. The normalized spacial score (nSPS) is 12.9. The second-order valence-corrected chi connectivity index (χ2v) is 4.95. The van der Waals surface area contributed by atoms with E-state index in [-0.39, 0.29) is 11.9 Å². The first-order valence-corrected chi connectivity index (χ1v) is 6.64. The third-order valence-corrected chi connectivity index (χ3v) is 3.02. The highest BCUT2D eigenvalue weighted by Crippen LogP contribution is 2.19. The van der Waals surface area contributed by atoms with Gasteiger partial charge in [-0.15, -0.1) is 0 Å².